The lowest BCUT2D eigenvalue weighted by Gasteiger charge is -2.57. The van der Waals surface area contributed by atoms with Crippen LogP contribution in [0.4, 0.5) is 0 Å². The highest BCUT2D eigenvalue weighted by Gasteiger charge is 2.52. The van der Waals surface area contributed by atoms with E-state index in [4.69, 9.17) is 0 Å². The van der Waals surface area contributed by atoms with E-state index in [1.54, 1.807) is 32.1 Å². The van der Waals surface area contributed by atoms with Crippen molar-refractivity contribution in [1.82, 2.24) is 10.2 Å². The molecular weight excluding hydrogens is 244 g/mol. The molecule has 0 atom stereocenters. The molecule has 4 saturated carbocycles. The van der Waals surface area contributed by atoms with Crippen molar-refractivity contribution in [3.63, 3.8) is 0 Å². The zero-order valence-corrected chi connectivity index (χ0v) is 12.8. The summed E-state index contributed by atoms with van der Waals surface area (Å²) < 4.78 is 0. The molecule has 6 aliphatic rings. The topological polar surface area (TPSA) is 15.3 Å². The Labute approximate surface area is 123 Å². The average molecular weight is 274 g/mol. The van der Waals surface area contributed by atoms with E-state index in [0.717, 1.165) is 29.7 Å². The summed E-state index contributed by atoms with van der Waals surface area (Å²) in [4.78, 5) is 2.98. The predicted octanol–water partition coefficient (Wildman–Crippen LogP) is 2.89. The van der Waals surface area contributed by atoms with Gasteiger partial charge in [-0.2, -0.15) is 0 Å². The first-order valence-electron chi connectivity index (χ1n) is 9.26. The van der Waals surface area contributed by atoms with Crippen LogP contribution in [0, 0.1) is 29.1 Å². The van der Waals surface area contributed by atoms with Crippen molar-refractivity contribution in [2.45, 2.75) is 57.4 Å². The Morgan fingerprint density at radius 1 is 0.800 bits per heavy atom. The molecule has 20 heavy (non-hydrogen) atoms. The highest BCUT2D eigenvalue weighted by molar-refractivity contribution is 5.05. The fraction of sp³-hybridized carbons (Fsp3) is 1.00. The molecule has 112 valence electrons. The van der Waals surface area contributed by atoms with Crippen LogP contribution < -0.4 is 5.32 Å². The quantitative estimate of drug-likeness (QED) is 0.791. The van der Waals surface area contributed by atoms with Crippen LogP contribution >= 0.6 is 0 Å². The van der Waals surface area contributed by atoms with Gasteiger partial charge < -0.3 is 5.32 Å². The number of likely N-dealkylation sites (tertiary alicyclic amines) is 1. The Morgan fingerprint density at radius 2 is 1.45 bits per heavy atom. The van der Waals surface area contributed by atoms with Crippen molar-refractivity contribution in [3.05, 3.63) is 0 Å². The molecule has 2 saturated heterocycles. The molecule has 0 aromatic carbocycles. The van der Waals surface area contributed by atoms with Gasteiger partial charge in [-0.15, -0.1) is 0 Å². The molecule has 6 rings (SSSR count). The first-order valence-corrected chi connectivity index (χ1v) is 9.26. The lowest BCUT2D eigenvalue weighted by Crippen LogP contribution is -2.55. The maximum atomic E-state index is 3.56. The van der Waals surface area contributed by atoms with Gasteiger partial charge in [-0.05, 0) is 100 Å². The summed E-state index contributed by atoms with van der Waals surface area (Å²) in [5, 5.41) is 3.56. The van der Waals surface area contributed by atoms with Crippen molar-refractivity contribution in [3.8, 4) is 0 Å². The van der Waals surface area contributed by atoms with Crippen molar-refractivity contribution in [2.24, 2.45) is 29.1 Å². The molecule has 0 amide bonds. The molecule has 0 aromatic heterocycles. The van der Waals surface area contributed by atoms with Crippen LogP contribution in [-0.4, -0.2) is 37.1 Å². The van der Waals surface area contributed by atoms with Crippen LogP contribution in [0.25, 0.3) is 0 Å². The first kappa shape index (κ1) is 12.5. The summed E-state index contributed by atoms with van der Waals surface area (Å²) in [6.45, 7) is 5.42. The van der Waals surface area contributed by atoms with Gasteiger partial charge in [0.05, 0.1) is 0 Å². The first-order chi connectivity index (χ1) is 9.81. The lowest BCUT2D eigenvalue weighted by molar-refractivity contribution is -0.0618. The minimum Gasteiger partial charge on any atom is -0.317 e. The van der Waals surface area contributed by atoms with E-state index in [0.29, 0.717) is 5.41 Å². The van der Waals surface area contributed by atoms with E-state index in [1.165, 1.54) is 45.4 Å². The summed E-state index contributed by atoms with van der Waals surface area (Å²) >= 11 is 0. The van der Waals surface area contributed by atoms with Crippen LogP contribution in [-0.2, 0) is 0 Å². The van der Waals surface area contributed by atoms with E-state index in [9.17, 15) is 0 Å². The summed E-state index contributed by atoms with van der Waals surface area (Å²) in [7, 11) is 0. The maximum absolute atomic E-state index is 3.56. The van der Waals surface area contributed by atoms with Gasteiger partial charge >= 0.3 is 0 Å². The van der Waals surface area contributed by atoms with Gasteiger partial charge in [0.15, 0.2) is 0 Å². The number of piperidine rings is 1. The fourth-order valence-corrected chi connectivity index (χ4v) is 7.08. The summed E-state index contributed by atoms with van der Waals surface area (Å²) in [5.41, 5.74) is 0.708. The molecule has 2 heterocycles. The molecule has 0 unspecified atom stereocenters. The molecule has 2 nitrogen and oxygen atoms in total. The predicted molar refractivity (Wildman–Crippen MR) is 81.6 cm³/mol. The molecule has 2 aliphatic heterocycles. The standard InChI is InChI=1S/C18H30N2/c1-4-19-5-2-18(1)3-6-20(12-18)17-15-8-13-7-14(10-15)11-16(17)9-13/h13-17,19H,1-12H2. The Bertz CT molecular complexity index is 357. The maximum Gasteiger partial charge on any atom is 0.0152 e. The summed E-state index contributed by atoms with van der Waals surface area (Å²) in [6, 6.07) is 0.997. The van der Waals surface area contributed by atoms with Gasteiger partial charge in [0.2, 0.25) is 0 Å². The number of hydrogen-bond acceptors (Lipinski definition) is 2. The van der Waals surface area contributed by atoms with Gasteiger partial charge in [0, 0.05) is 12.6 Å². The van der Waals surface area contributed by atoms with Crippen molar-refractivity contribution >= 4 is 0 Å². The Kier molecular flexibility index (Phi) is 2.78. The highest BCUT2D eigenvalue weighted by Crippen LogP contribution is 2.56. The van der Waals surface area contributed by atoms with Crippen LogP contribution in [0.3, 0.4) is 0 Å². The van der Waals surface area contributed by atoms with Crippen molar-refractivity contribution in [2.75, 3.05) is 26.2 Å². The molecule has 2 heteroatoms. The zero-order valence-electron chi connectivity index (χ0n) is 12.8. The number of hydrogen-bond donors (Lipinski definition) is 1. The molecule has 4 bridgehead atoms. The number of rotatable bonds is 1. The fourth-order valence-electron chi connectivity index (χ4n) is 7.08. The van der Waals surface area contributed by atoms with E-state index in [1.807, 2.05) is 0 Å². The van der Waals surface area contributed by atoms with Crippen LogP contribution in [0.15, 0.2) is 0 Å². The summed E-state index contributed by atoms with van der Waals surface area (Å²) in [5.74, 6) is 4.43. The van der Waals surface area contributed by atoms with E-state index in [-0.39, 0.29) is 0 Å². The lowest BCUT2D eigenvalue weighted by atomic mass is 9.54. The van der Waals surface area contributed by atoms with Crippen LogP contribution in [0.1, 0.15) is 51.4 Å². The second-order valence-corrected chi connectivity index (χ2v) is 8.89. The van der Waals surface area contributed by atoms with E-state index < -0.39 is 0 Å². The molecule has 0 aromatic rings. The van der Waals surface area contributed by atoms with E-state index >= 15 is 0 Å². The highest BCUT2D eigenvalue weighted by atomic mass is 15.2. The molecule has 6 fully saturated rings. The monoisotopic (exact) mass is 274 g/mol. The van der Waals surface area contributed by atoms with Gasteiger partial charge in [-0.3, -0.25) is 4.90 Å². The molecule has 1 spiro atoms. The molecule has 0 radical (unpaired) electrons. The third kappa shape index (κ3) is 1.83. The third-order valence-corrected chi connectivity index (χ3v) is 7.73. The SMILES string of the molecule is C1CC2(CCN1)CCN(C1C3CC4CC(C3)CC1C4)C2. The van der Waals surface area contributed by atoms with Gasteiger partial charge in [-0.25, -0.2) is 0 Å². The number of nitrogens with zero attached hydrogens (tertiary/aromatic N) is 1. The van der Waals surface area contributed by atoms with Gasteiger partial charge in [0.25, 0.3) is 0 Å². The Balaban J connectivity index is 1.34. The van der Waals surface area contributed by atoms with Crippen LogP contribution in [0.2, 0.25) is 0 Å². The van der Waals surface area contributed by atoms with Crippen molar-refractivity contribution in [1.29, 1.82) is 0 Å². The van der Waals surface area contributed by atoms with Crippen molar-refractivity contribution < 1.29 is 0 Å². The normalized spacial score (nSPS) is 50.1. The largest absolute Gasteiger partial charge is 0.317 e. The molecule has 4 aliphatic carbocycles. The Hall–Kier alpha value is -0.0800. The second-order valence-electron chi connectivity index (χ2n) is 8.89. The van der Waals surface area contributed by atoms with Gasteiger partial charge in [0.1, 0.15) is 0 Å². The van der Waals surface area contributed by atoms with Crippen LogP contribution in [0.5, 0.6) is 0 Å². The molecule has 1 N–H and O–H groups in total. The Morgan fingerprint density at radius 3 is 2.10 bits per heavy atom. The molecular formula is C18H30N2. The smallest absolute Gasteiger partial charge is 0.0152 e. The third-order valence-electron chi connectivity index (χ3n) is 7.73. The summed E-state index contributed by atoms with van der Waals surface area (Å²) in [6.07, 6.45) is 12.3. The van der Waals surface area contributed by atoms with Gasteiger partial charge in [-0.1, -0.05) is 0 Å². The van der Waals surface area contributed by atoms with E-state index in [2.05, 4.69) is 10.2 Å². The number of nitrogens with one attached hydrogen (secondary N) is 1. The zero-order chi connectivity index (χ0) is 13.2. The minimum absolute atomic E-state index is 0.708. The minimum atomic E-state index is 0.708. The second kappa shape index (κ2) is 4.46. The average Bonchev–Trinajstić information content (AvgIpc) is 2.82.